The van der Waals surface area contributed by atoms with Crippen LogP contribution in [-0.4, -0.2) is 31.8 Å². The number of pyridine rings is 1. The van der Waals surface area contributed by atoms with Gasteiger partial charge in [0.1, 0.15) is 5.82 Å². The smallest absolute Gasteiger partial charge is 0.124 e. The number of benzene rings is 1. The van der Waals surface area contributed by atoms with Crippen molar-refractivity contribution in [2.45, 2.75) is 37.2 Å². The second kappa shape index (κ2) is 8.62. The van der Waals surface area contributed by atoms with Gasteiger partial charge in [-0.05, 0) is 62.6 Å². The Morgan fingerprint density at radius 2 is 2.10 bits per heavy atom. The molecule has 0 saturated carbocycles. The maximum Gasteiger partial charge on any atom is 0.124 e. The number of hydrogen-bond acceptors (Lipinski definition) is 4. The van der Waals surface area contributed by atoms with Crippen molar-refractivity contribution in [3.8, 4) is 11.3 Å². The van der Waals surface area contributed by atoms with E-state index in [-0.39, 0.29) is 11.4 Å². The van der Waals surface area contributed by atoms with Crippen molar-refractivity contribution < 1.29 is 4.39 Å². The van der Waals surface area contributed by atoms with E-state index in [1.807, 2.05) is 6.20 Å². The van der Waals surface area contributed by atoms with Crippen molar-refractivity contribution in [2.24, 2.45) is 5.92 Å². The molecule has 1 fully saturated rings. The topological polar surface area (TPSA) is 58.5 Å². The van der Waals surface area contributed by atoms with E-state index in [0.717, 1.165) is 29.9 Å². The van der Waals surface area contributed by atoms with Crippen LogP contribution in [0.3, 0.4) is 0 Å². The molecule has 0 aliphatic carbocycles. The summed E-state index contributed by atoms with van der Waals surface area (Å²) in [7, 11) is 0. The number of fused-ring (bicyclic) bond motifs is 1. The molecule has 1 aromatic carbocycles. The Bertz CT molecular complexity index is 1100. The molecule has 30 heavy (non-hydrogen) atoms. The molecule has 0 spiro atoms. The van der Waals surface area contributed by atoms with E-state index in [2.05, 4.69) is 71.0 Å². The Hall–Kier alpha value is -2.64. The number of H-pyrrole nitrogens is 1. The fourth-order valence-corrected chi connectivity index (χ4v) is 4.16. The summed E-state index contributed by atoms with van der Waals surface area (Å²) in [5.74, 6) is 0.441. The van der Waals surface area contributed by atoms with Crippen LogP contribution in [0.15, 0.2) is 66.0 Å². The highest BCUT2D eigenvalue weighted by molar-refractivity contribution is 7.80. The number of nitrogens with zero attached hydrogens (tertiary/aromatic N) is 3. The van der Waals surface area contributed by atoms with Crippen molar-refractivity contribution in [3.63, 3.8) is 0 Å². The van der Waals surface area contributed by atoms with E-state index in [1.54, 1.807) is 18.3 Å². The van der Waals surface area contributed by atoms with E-state index in [0.29, 0.717) is 10.8 Å². The van der Waals surface area contributed by atoms with Gasteiger partial charge in [0.2, 0.25) is 0 Å². The van der Waals surface area contributed by atoms with Gasteiger partial charge in [-0.2, -0.15) is 5.10 Å². The van der Waals surface area contributed by atoms with E-state index in [4.69, 9.17) is 4.98 Å². The fourth-order valence-electron chi connectivity index (χ4n) is 3.95. The van der Waals surface area contributed by atoms with Gasteiger partial charge in [-0.3, -0.25) is 5.10 Å². The SMILES string of the molecule is CC1(C)CC(Cn2ccc3nc(-c4cn[nH]c4)ccc32)CN1.Fc1cccc(S)c1. The fraction of sp³-hybridized carbons (Fsp3) is 0.304. The minimum absolute atomic E-state index is 0.238. The Morgan fingerprint density at radius 3 is 2.73 bits per heavy atom. The van der Waals surface area contributed by atoms with Crippen LogP contribution in [0.1, 0.15) is 20.3 Å². The van der Waals surface area contributed by atoms with Gasteiger partial charge in [-0.1, -0.05) is 6.07 Å². The first-order valence-electron chi connectivity index (χ1n) is 10.0. The van der Waals surface area contributed by atoms with Crippen molar-refractivity contribution in [1.82, 2.24) is 25.1 Å². The van der Waals surface area contributed by atoms with E-state index < -0.39 is 0 Å². The number of aromatic amines is 1. The number of thiol groups is 1. The lowest BCUT2D eigenvalue weighted by Crippen LogP contribution is -2.31. The normalized spacial score (nSPS) is 17.7. The monoisotopic (exact) mass is 423 g/mol. The molecular weight excluding hydrogens is 397 g/mol. The van der Waals surface area contributed by atoms with Gasteiger partial charge in [0.25, 0.3) is 0 Å². The number of halogens is 1. The Morgan fingerprint density at radius 1 is 1.23 bits per heavy atom. The highest BCUT2D eigenvalue weighted by atomic mass is 32.1. The highest BCUT2D eigenvalue weighted by Gasteiger charge is 2.30. The third-order valence-corrected chi connectivity index (χ3v) is 5.63. The molecule has 0 radical (unpaired) electrons. The van der Waals surface area contributed by atoms with Crippen LogP contribution in [-0.2, 0) is 6.54 Å². The summed E-state index contributed by atoms with van der Waals surface area (Å²) in [6, 6.07) is 12.4. The quantitative estimate of drug-likeness (QED) is 0.410. The van der Waals surface area contributed by atoms with Crippen LogP contribution < -0.4 is 5.32 Å². The molecule has 5 nitrogen and oxygen atoms in total. The van der Waals surface area contributed by atoms with Gasteiger partial charge >= 0.3 is 0 Å². The molecule has 1 atom stereocenters. The van der Waals surface area contributed by atoms with Gasteiger partial charge < -0.3 is 9.88 Å². The molecule has 1 aliphatic heterocycles. The Balaban J connectivity index is 0.000000230. The molecule has 5 rings (SSSR count). The zero-order valence-corrected chi connectivity index (χ0v) is 18.0. The standard InChI is InChI=1S/C17H21N5.C6H5FS/c1-17(2)7-12(8-18-17)11-22-6-5-15-16(22)4-3-14(21-15)13-9-19-20-10-13;7-5-2-1-3-6(8)4-5/h3-6,9-10,12,18H,7-8,11H2,1-2H3,(H,19,20);1-4,8H. The zero-order chi connectivity index (χ0) is 21.1. The molecule has 7 heteroatoms. The molecule has 0 amide bonds. The first-order valence-corrected chi connectivity index (χ1v) is 10.5. The Kier molecular flexibility index (Phi) is 5.92. The molecule has 3 aromatic heterocycles. The van der Waals surface area contributed by atoms with Crippen LogP contribution in [0, 0.1) is 11.7 Å². The maximum atomic E-state index is 12.1. The minimum atomic E-state index is -0.238. The van der Waals surface area contributed by atoms with E-state index >= 15 is 0 Å². The second-order valence-electron chi connectivity index (χ2n) is 8.37. The molecular formula is C23H26FN5S. The average molecular weight is 424 g/mol. The van der Waals surface area contributed by atoms with Crippen LogP contribution in [0.5, 0.6) is 0 Å². The van der Waals surface area contributed by atoms with Crippen molar-refractivity contribution in [1.29, 1.82) is 0 Å². The van der Waals surface area contributed by atoms with Gasteiger partial charge in [0, 0.05) is 41.5 Å². The summed E-state index contributed by atoms with van der Waals surface area (Å²) in [5, 5.41) is 10.4. The van der Waals surface area contributed by atoms with Crippen molar-refractivity contribution in [3.05, 3.63) is 66.9 Å². The van der Waals surface area contributed by atoms with E-state index in [1.165, 1.54) is 24.1 Å². The average Bonchev–Trinajstić information content (AvgIpc) is 3.43. The lowest BCUT2D eigenvalue weighted by Gasteiger charge is -2.17. The van der Waals surface area contributed by atoms with E-state index in [9.17, 15) is 4.39 Å². The first-order chi connectivity index (χ1) is 14.4. The number of nitrogens with one attached hydrogen (secondary N) is 2. The molecule has 1 saturated heterocycles. The van der Waals surface area contributed by atoms with Gasteiger partial charge in [0.05, 0.1) is 22.9 Å². The van der Waals surface area contributed by atoms with Crippen LogP contribution >= 0.6 is 12.6 Å². The maximum absolute atomic E-state index is 12.1. The second-order valence-corrected chi connectivity index (χ2v) is 8.89. The summed E-state index contributed by atoms with van der Waals surface area (Å²) >= 11 is 3.91. The molecule has 1 aliphatic rings. The lowest BCUT2D eigenvalue weighted by molar-refractivity contribution is 0.421. The summed E-state index contributed by atoms with van der Waals surface area (Å²) < 4.78 is 14.4. The van der Waals surface area contributed by atoms with Crippen molar-refractivity contribution >= 4 is 23.7 Å². The largest absolute Gasteiger partial charge is 0.346 e. The summed E-state index contributed by atoms with van der Waals surface area (Å²) in [4.78, 5) is 5.40. The number of aromatic nitrogens is 4. The van der Waals surface area contributed by atoms with Crippen LogP contribution in [0.2, 0.25) is 0 Å². The van der Waals surface area contributed by atoms with Crippen LogP contribution in [0.25, 0.3) is 22.3 Å². The summed E-state index contributed by atoms with van der Waals surface area (Å²) in [6.45, 7) is 6.69. The number of rotatable bonds is 3. The summed E-state index contributed by atoms with van der Waals surface area (Å²) in [5.41, 5.74) is 4.50. The molecule has 0 bridgehead atoms. The Labute approximate surface area is 181 Å². The highest BCUT2D eigenvalue weighted by Crippen LogP contribution is 2.27. The predicted molar refractivity (Wildman–Crippen MR) is 121 cm³/mol. The molecule has 1 unspecified atom stereocenters. The predicted octanol–water partition coefficient (Wildman–Crippen LogP) is 4.93. The molecule has 4 aromatic rings. The van der Waals surface area contributed by atoms with Crippen molar-refractivity contribution in [2.75, 3.05) is 6.54 Å². The minimum Gasteiger partial charge on any atom is -0.346 e. The lowest BCUT2D eigenvalue weighted by atomic mass is 9.97. The molecule has 156 valence electrons. The van der Waals surface area contributed by atoms with Gasteiger partial charge in [0.15, 0.2) is 0 Å². The van der Waals surface area contributed by atoms with Gasteiger partial charge in [-0.15, -0.1) is 12.6 Å². The van der Waals surface area contributed by atoms with Gasteiger partial charge in [-0.25, -0.2) is 9.37 Å². The molecule has 4 heterocycles. The van der Waals surface area contributed by atoms with Crippen LogP contribution in [0.4, 0.5) is 4.39 Å². The third kappa shape index (κ3) is 4.91. The number of hydrogen-bond donors (Lipinski definition) is 3. The zero-order valence-electron chi connectivity index (χ0n) is 17.1. The molecule has 2 N–H and O–H groups in total. The summed E-state index contributed by atoms with van der Waals surface area (Å²) in [6.07, 6.45) is 7.05. The first kappa shape index (κ1) is 20.6. The third-order valence-electron chi connectivity index (χ3n) is 5.35.